The standard InChI is InChI=1S/C27H34O3/c1-26-16-8-17-27(2,25(28)29-3)24(26)15-13-21-12-14-22(19-23(21)26)30-18-7-11-20-9-5-4-6-10-20/h4-6,9-10,12,14,19,24H,7-8,11,13,15-18H2,1-3H3/t24-,26-,27+/m1/s1. The number of ether oxygens (including phenoxy) is 2. The number of carbonyl (C=O) groups excluding carboxylic acids is 1. The fourth-order valence-electron chi connectivity index (χ4n) is 6.12. The molecule has 0 saturated heterocycles. The molecule has 0 aromatic heterocycles. The summed E-state index contributed by atoms with van der Waals surface area (Å²) in [4.78, 5) is 12.7. The Labute approximate surface area is 180 Å². The van der Waals surface area contributed by atoms with E-state index in [1.54, 1.807) is 0 Å². The third-order valence-corrected chi connectivity index (χ3v) is 7.70. The van der Waals surface area contributed by atoms with Crippen LogP contribution >= 0.6 is 0 Å². The number of benzene rings is 2. The Hall–Kier alpha value is -2.29. The smallest absolute Gasteiger partial charge is 0.311 e. The van der Waals surface area contributed by atoms with Crippen molar-refractivity contribution in [1.82, 2.24) is 0 Å². The quantitative estimate of drug-likeness (QED) is 0.444. The van der Waals surface area contributed by atoms with Crippen LogP contribution in [-0.2, 0) is 27.8 Å². The lowest BCUT2D eigenvalue weighted by Crippen LogP contribution is -2.52. The lowest BCUT2D eigenvalue weighted by atomic mass is 9.50. The van der Waals surface area contributed by atoms with Crippen molar-refractivity contribution >= 4 is 5.97 Å². The van der Waals surface area contributed by atoms with Gasteiger partial charge in [-0.25, -0.2) is 0 Å². The van der Waals surface area contributed by atoms with Crippen molar-refractivity contribution in [2.45, 2.75) is 64.2 Å². The van der Waals surface area contributed by atoms with Gasteiger partial charge in [-0.1, -0.05) is 49.7 Å². The van der Waals surface area contributed by atoms with E-state index in [9.17, 15) is 4.79 Å². The average molecular weight is 407 g/mol. The maximum absolute atomic E-state index is 12.7. The van der Waals surface area contributed by atoms with Gasteiger partial charge in [0.2, 0.25) is 0 Å². The summed E-state index contributed by atoms with van der Waals surface area (Å²) >= 11 is 0. The molecule has 0 spiro atoms. The van der Waals surface area contributed by atoms with Gasteiger partial charge in [0, 0.05) is 0 Å². The van der Waals surface area contributed by atoms with E-state index in [1.165, 1.54) is 23.8 Å². The zero-order valence-electron chi connectivity index (χ0n) is 18.6. The molecule has 0 N–H and O–H groups in total. The van der Waals surface area contributed by atoms with Crippen molar-refractivity contribution in [2.24, 2.45) is 11.3 Å². The summed E-state index contributed by atoms with van der Waals surface area (Å²) in [7, 11) is 1.53. The summed E-state index contributed by atoms with van der Waals surface area (Å²) in [5, 5.41) is 0. The number of aryl methyl sites for hydroxylation is 2. The first-order valence-corrected chi connectivity index (χ1v) is 11.4. The summed E-state index contributed by atoms with van der Waals surface area (Å²) in [6.45, 7) is 5.19. The second kappa shape index (κ2) is 8.45. The highest BCUT2D eigenvalue weighted by atomic mass is 16.5. The molecule has 1 fully saturated rings. The molecule has 30 heavy (non-hydrogen) atoms. The van der Waals surface area contributed by atoms with Crippen LogP contribution in [0.1, 0.15) is 62.6 Å². The molecule has 2 aromatic carbocycles. The number of carbonyl (C=O) groups is 1. The SMILES string of the molecule is COC(=O)[C@@]1(C)CCC[C@]2(C)c3cc(OCCCc4ccccc4)ccc3CC[C@@H]12. The Bertz CT molecular complexity index is 890. The zero-order chi connectivity index (χ0) is 21.2. The van der Waals surface area contributed by atoms with Crippen LogP contribution in [0, 0.1) is 11.3 Å². The topological polar surface area (TPSA) is 35.5 Å². The molecule has 4 rings (SSSR count). The first-order valence-electron chi connectivity index (χ1n) is 11.4. The summed E-state index contributed by atoms with van der Waals surface area (Å²) in [6.07, 6.45) is 7.20. The van der Waals surface area contributed by atoms with Crippen LogP contribution in [-0.4, -0.2) is 19.7 Å². The van der Waals surface area contributed by atoms with E-state index >= 15 is 0 Å². The van der Waals surface area contributed by atoms with Crippen molar-refractivity contribution in [3.63, 3.8) is 0 Å². The minimum absolute atomic E-state index is 0.00180. The Morgan fingerprint density at radius 1 is 1.10 bits per heavy atom. The largest absolute Gasteiger partial charge is 0.494 e. The molecular weight excluding hydrogens is 372 g/mol. The lowest BCUT2D eigenvalue weighted by Gasteiger charge is -2.54. The van der Waals surface area contributed by atoms with Crippen molar-refractivity contribution in [1.29, 1.82) is 0 Å². The van der Waals surface area contributed by atoms with Crippen molar-refractivity contribution < 1.29 is 14.3 Å². The van der Waals surface area contributed by atoms with Crippen LogP contribution in [0.25, 0.3) is 0 Å². The van der Waals surface area contributed by atoms with Crippen molar-refractivity contribution in [2.75, 3.05) is 13.7 Å². The molecule has 2 aliphatic carbocycles. The second-order valence-electron chi connectivity index (χ2n) is 9.53. The summed E-state index contributed by atoms with van der Waals surface area (Å²) in [5.41, 5.74) is 3.75. The summed E-state index contributed by atoms with van der Waals surface area (Å²) < 4.78 is 11.4. The number of methoxy groups -OCH3 is 1. The highest BCUT2D eigenvalue weighted by Crippen LogP contribution is 2.57. The molecule has 1 saturated carbocycles. The van der Waals surface area contributed by atoms with E-state index in [4.69, 9.17) is 9.47 Å². The maximum Gasteiger partial charge on any atom is 0.311 e. The molecule has 0 bridgehead atoms. The highest BCUT2D eigenvalue weighted by Gasteiger charge is 2.55. The normalized spacial score (nSPS) is 27.6. The van der Waals surface area contributed by atoms with Gasteiger partial charge in [-0.15, -0.1) is 0 Å². The first-order chi connectivity index (χ1) is 14.5. The van der Waals surface area contributed by atoms with Gasteiger partial charge in [-0.05, 0) is 85.6 Å². The molecule has 0 aliphatic heterocycles. The molecule has 160 valence electrons. The lowest BCUT2D eigenvalue weighted by molar-refractivity contribution is -0.161. The second-order valence-corrected chi connectivity index (χ2v) is 9.53. The summed E-state index contributed by atoms with van der Waals surface area (Å²) in [5.74, 6) is 1.22. The van der Waals surface area contributed by atoms with Gasteiger partial charge in [0.25, 0.3) is 0 Å². The molecule has 0 radical (unpaired) electrons. The Morgan fingerprint density at radius 2 is 1.90 bits per heavy atom. The predicted molar refractivity (Wildman–Crippen MR) is 120 cm³/mol. The van der Waals surface area contributed by atoms with Gasteiger partial charge in [0.15, 0.2) is 0 Å². The first kappa shape index (κ1) is 21.0. The number of rotatable bonds is 6. The van der Waals surface area contributed by atoms with Crippen molar-refractivity contribution in [3.05, 3.63) is 65.2 Å². The fourth-order valence-corrected chi connectivity index (χ4v) is 6.12. The Morgan fingerprint density at radius 3 is 2.67 bits per heavy atom. The third-order valence-electron chi connectivity index (χ3n) is 7.70. The average Bonchev–Trinajstić information content (AvgIpc) is 2.77. The minimum atomic E-state index is -0.397. The van der Waals surface area contributed by atoms with E-state index in [1.807, 2.05) is 0 Å². The van der Waals surface area contributed by atoms with Gasteiger partial charge in [0.05, 0.1) is 19.1 Å². The molecule has 3 heteroatoms. The molecule has 0 unspecified atom stereocenters. The molecule has 2 aliphatic rings. The van der Waals surface area contributed by atoms with Crippen LogP contribution < -0.4 is 4.74 Å². The fraction of sp³-hybridized carbons (Fsp3) is 0.519. The minimum Gasteiger partial charge on any atom is -0.494 e. The molecule has 0 heterocycles. The van der Waals surface area contributed by atoms with E-state index in [2.05, 4.69) is 62.4 Å². The predicted octanol–water partition coefficient (Wildman–Crippen LogP) is 5.88. The maximum atomic E-state index is 12.7. The molecule has 3 atom stereocenters. The zero-order valence-corrected chi connectivity index (χ0v) is 18.6. The van der Waals surface area contributed by atoms with Gasteiger partial charge in [-0.2, -0.15) is 0 Å². The molecule has 3 nitrogen and oxygen atoms in total. The van der Waals surface area contributed by atoms with Crippen LogP contribution in [0.4, 0.5) is 0 Å². The van der Waals surface area contributed by atoms with E-state index in [-0.39, 0.29) is 11.4 Å². The Balaban J connectivity index is 1.50. The molecule has 0 amide bonds. The van der Waals surface area contributed by atoms with Crippen LogP contribution in [0.15, 0.2) is 48.5 Å². The third kappa shape index (κ3) is 3.75. The molecule has 2 aromatic rings. The summed E-state index contributed by atoms with van der Waals surface area (Å²) in [6, 6.07) is 17.2. The van der Waals surface area contributed by atoms with Gasteiger partial charge < -0.3 is 9.47 Å². The van der Waals surface area contributed by atoms with Gasteiger partial charge in [-0.3, -0.25) is 4.79 Å². The van der Waals surface area contributed by atoms with Crippen molar-refractivity contribution in [3.8, 4) is 5.75 Å². The number of fused-ring (bicyclic) bond motifs is 3. The van der Waals surface area contributed by atoms with E-state index < -0.39 is 5.41 Å². The van der Waals surface area contributed by atoms with Crippen LogP contribution in [0.5, 0.6) is 5.75 Å². The highest BCUT2D eigenvalue weighted by molar-refractivity contribution is 5.77. The Kier molecular flexibility index (Phi) is 5.90. The number of hydrogen-bond acceptors (Lipinski definition) is 3. The monoisotopic (exact) mass is 406 g/mol. The molecular formula is C27H34O3. The number of hydrogen-bond donors (Lipinski definition) is 0. The van der Waals surface area contributed by atoms with Crippen LogP contribution in [0.2, 0.25) is 0 Å². The van der Waals surface area contributed by atoms with E-state index in [0.717, 1.165) is 50.7 Å². The van der Waals surface area contributed by atoms with E-state index in [0.29, 0.717) is 12.5 Å². The number of esters is 1. The van der Waals surface area contributed by atoms with Gasteiger partial charge in [0.1, 0.15) is 5.75 Å². The van der Waals surface area contributed by atoms with Gasteiger partial charge >= 0.3 is 5.97 Å². The van der Waals surface area contributed by atoms with Crippen LogP contribution in [0.3, 0.4) is 0 Å².